The van der Waals surface area contributed by atoms with E-state index in [4.69, 9.17) is 4.98 Å². The predicted octanol–water partition coefficient (Wildman–Crippen LogP) is 3.76. The molecule has 2 aromatic carbocycles. The Hall–Kier alpha value is -4.52. The zero-order chi connectivity index (χ0) is 21.7. The Morgan fingerprint density at radius 2 is 1.84 bits per heavy atom. The third-order valence-electron chi connectivity index (χ3n) is 5.80. The van der Waals surface area contributed by atoms with Gasteiger partial charge in [0.25, 0.3) is 5.91 Å². The first-order valence-corrected chi connectivity index (χ1v) is 10.2. The highest BCUT2D eigenvalue weighted by Gasteiger charge is 2.32. The van der Waals surface area contributed by atoms with Crippen molar-refractivity contribution in [3.8, 4) is 22.5 Å². The number of pyridine rings is 2. The van der Waals surface area contributed by atoms with Gasteiger partial charge in [-0.1, -0.05) is 42.5 Å². The zero-order valence-electron chi connectivity index (χ0n) is 16.8. The molecule has 0 fully saturated rings. The van der Waals surface area contributed by atoms with Crippen molar-refractivity contribution in [3.63, 3.8) is 0 Å². The fourth-order valence-electron chi connectivity index (χ4n) is 4.40. The average Bonchev–Trinajstić information content (AvgIpc) is 3.39. The maximum atomic E-state index is 13.0. The van der Waals surface area contributed by atoms with E-state index in [-0.39, 0.29) is 11.9 Å². The zero-order valence-corrected chi connectivity index (χ0v) is 16.8. The Kier molecular flexibility index (Phi) is 4.01. The largest absolute Gasteiger partial charge is 0.619 e. The van der Waals surface area contributed by atoms with Crippen molar-refractivity contribution in [1.29, 1.82) is 0 Å². The van der Waals surface area contributed by atoms with Crippen molar-refractivity contribution in [2.45, 2.75) is 6.04 Å². The van der Waals surface area contributed by atoms with Crippen LogP contribution in [0.25, 0.3) is 33.5 Å². The highest BCUT2D eigenvalue weighted by molar-refractivity contribution is 5.97. The molecule has 0 radical (unpaired) electrons. The highest BCUT2D eigenvalue weighted by Crippen LogP contribution is 2.47. The minimum Gasteiger partial charge on any atom is -0.619 e. The normalized spacial score (nSPS) is 14.2. The van der Waals surface area contributed by atoms with Crippen LogP contribution < -0.4 is 10.0 Å². The van der Waals surface area contributed by atoms with Crippen LogP contribution in [0, 0.1) is 5.21 Å². The van der Waals surface area contributed by atoms with Gasteiger partial charge < -0.3 is 15.5 Å². The molecular weight excluding hydrogens is 402 g/mol. The van der Waals surface area contributed by atoms with Gasteiger partial charge in [-0.15, -0.1) is 0 Å². The van der Waals surface area contributed by atoms with Crippen LogP contribution >= 0.6 is 0 Å². The molecule has 7 nitrogen and oxygen atoms in total. The second-order valence-electron chi connectivity index (χ2n) is 7.69. The number of aromatic amines is 1. The van der Waals surface area contributed by atoms with Gasteiger partial charge in [0.1, 0.15) is 11.4 Å². The summed E-state index contributed by atoms with van der Waals surface area (Å²) in [5.41, 5.74) is 7.06. The summed E-state index contributed by atoms with van der Waals surface area (Å²) in [6.07, 6.45) is 6.11. The lowest BCUT2D eigenvalue weighted by atomic mass is 9.98. The first kappa shape index (κ1) is 18.3. The Balaban J connectivity index is 1.48. The van der Waals surface area contributed by atoms with E-state index >= 15 is 0 Å². The van der Waals surface area contributed by atoms with Gasteiger partial charge in [0.05, 0.1) is 23.3 Å². The van der Waals surface area contributed by atoms with Gasteiger partial charge >= 0.3 is 0 Å². The van der Waals surface area contributed by atoms with Crippen molar-refractivity contribution in [2.75, 3.05) is 0 Å². The minimum absolute atomic E-state index is 0.303. The summed E-state index contributed by atoms with van der Waals surface area (Å²) in [6.45, 7) is 0. The second kappa shape index (κ2) is 7.02. The topological polar surface area (TPSA) is 97.6 Å². The molecule has 6 rings (SSSR count). The first-order chi connectivity index (χ1) is 15.7. The fraction of sp³-hybridized carbons (Fsp3) is 0.0400. The summed E-state index contributed by atoms with van der Waals surface area (Å²) in [7, 11) is 0. The first-order valence-electron chi connectivity index (χ1n) is 10.2. The van der Waals surface area contributed by atoms with Gasteiger partial charge in [-0.2, -0.15) is 4.73 Å². The van der Waals surface area contributed by atoms with Crippen molar-refractivity contribution in [3.05, 3.63) is 107 Å². The molecule has 0 aliphatic heterocycles. The summed E-state index contributed by atoms with van der Waals surface area (Å²) in [5, 5.41) is 14.7. The van der Waals surface area contributed by atoms with E-state index in [2.05, 4.69) is 21.4 Å². The number of fused-ring (bicyclic) bond motifs is 4. The lowest BCUT2D eigenvalue weighted by molar-refractivity contribution is -0.605. The van der Waals surface area contributed by atoms with Crippen LogP contribution in [0.3, 0.4) is 0 Å². The van der Waals surface area contributed by atoms with Crippen LogP contribution in [-0.4, -0.2) is 20.9 Å². The summed E-state index contributed by atoms with van der Waals surface area (Å²) in [4.78, 5) is 25.2. The number of H-pyrrole nitrogens is 1. The number of aromatic nitrogens is 4. The third kappa shape index (κ3) is 2.83. The van der Waals surface area contributed by atoms with Crippen LogP contribution in [0.1, 0.15) is 27.5 Å². The SMILES string of the molecule is O=C(N[C@@H]1c2ccccc2-c2c(-c3nc4ccncc4[nH]3)cccc21)c1ccc[n+]([O-])c1. The van der Waals surface area contributed by atoms with Gasteiger partial charge in [-0.3, -0.25) is 9.78 Å². The van der Waals surface area contributed by atoms with Crippen LogP contribution in [0.15, 0.2) is 85.5 Å². The van der Waals surface area contributed by atoms with Crippen LogP contribution in [-0.2, 0) is 0 Å². The molecule has 3 heterocycles. The molecule has 1 aliphatic rings. The summed E-state index contributed by atoms with van der Waals surface area (Å²) >= 11 is 0. The molecule has 1 aliphatic carbocycles. The highest BCUT2D eigenvalue weighted by atomic mass is 16.5. The lowest BCUT2D eigenvalue weighted by Crippen LogP contribution is -2.32. The molecule has 5 aromatic rings. The molecular formula is C25H17N5O2. The Bertz CT molecular complexity index is 1470. The van der Waals surface area contributed by atoms with E-state index in [1.165, 1.54) is 12.4 Å². The standard InChI is InChI=1S/C25H17N5O2/c31-25(15-5-4-12-30(32)14-15)29-23-17-7-2-1-6-16(17)22-18(23)8-3-9-19(22)24-27-20-10-11-26-13-21(20)28-24/h1-14,23H,(H,27,28)(H,29,31)/t23-/m1/s1. The lowest BCUT2D eigenvalue weighted by Gasteiger charge is -2.16. The molecule has 0 unspecified atom stereocenters. The molecule has 7 heteroatoms. The van der Waals surface area contributed by atoms with Gasteiger partial charge in [-0.25, -0.2) is 4.98 Å². The molecule has 154 valence electrons. The monoisotopic (exact) mass is 419 g/mol. The van der Waals surface area contributed by atoms with Gasteiger partial charge in [0, 0.05) is 17.8 Å². The number of amides is 1. The molecule has 1 amide bonds. The van der Waals surface area contributed by atoms with Crippen LogP contribution in [0.5, 0.6) is 0 Å². The minimum atomic E-state index is -0.333. The van der Waals surface area contributed by atoms with E-state index in [1.54, 1.807) is 24.5 Å². The Labute approximate surface area is 183 Å². The summed E-state index contributed by atoms with van der Waals surface area (Å²) < 4.78 is 0.625. The number of carbonyl (C=O) groups is 1. The summed E-state index contributed by atoms with van der Waals surface area (Å²) in [6, 6.07) is 18.8. The number of nitrogens with zero attached hydrogens (tertiary/aromatic N) is 3. The van der Waals surface area contributed by atoms with Gasteiger partial charge in [-0.05, 0) is 34.4 Å². The molecule has 0 saturated heterocycles. The number of nitrogens with one attached hydrogen (secondary N) is 2. The van der Waals surface area contributed by atoms with Gasteiger partial charge in [0.15, 0.2) is 12.4 Å². The third-order valence-corrected chi connectivity index (χ3v) is 5.80. The maximum absolute atomic E-state index is 13.0. The molecule has 3 aromatic heterocycles. The van der Waals surface area contributed by atoms with E-state index < -0.39 is 0 Å². The van der Waals surface area contributed by atoms with Crippen molar-refractivity contribution in [1.82, 2.24) is 20.3 Å². The number of hydrogen-bond donors (Lipinski definition) is 2. The van der Waals surface area contributed by atoms with Crippen LogP contribution in [0.2, 0.25) is 0 Å². The molecule has 0 saturated carbocycles. The second-order valence-corrected chi connectivity index (χ2v) is 7.69. The van der Waals surface area contributed by atoms with Gasteiger partial charge in [0.2, 0.25) is 0 Å². The average molecular weight is 419 g/mol. The number of benzene rings is 2. The number of carbonyl (C=O) groups excluding carboxylic acids is 1. The summed E-state index contributed by atoms with van der Waals surface area (Å²) in [5.74, 6) is 0.449. The predicted molar refractivity (Wildman–Crippen MR) is 119 cm³/mol. The molecule has 0 bridgehead atoms. The molecule has 0 spiro atoms. The molecule has 32 heavy (non-hydrogen) atoms. The quantitative estimate of drug-likeness (QED) is 0.344. The number of rotatable bonds is 3. The van der Waals surface area contributed by atoms with E-state index in [0.29, 0.717) is 10.3 Å². The van der Waals surface area contributed by atoms with Crippen molar-refractivity contribution in [2.24, 2.45) is 0 Å². The Morgan fingerprint density at radius 3 is 2.72 bits per heavy atom. The molecule has 2 N–H and O–H groups in total. The van der Waals surface area contributed by atoms with E-state index in [1.807, 2.05) is 42.5 Å². The van der Waals surface area contributed by atoms with E-state index in [9.17, 15) is 10.0 Å². The number of hydrogen-bond acceptors (Lipinski definition) is 4. The Morgan fingerprint density at radius 1 is 1.00 bits per heavy atom. The van der Waals surface area contributed by atoms with Crippen molar-refractivity contribution < 1.29 is 9.52 Å². The fourth-order valence-corrected chi connectivity index (χ4v) is 4.40. The maximum Gasteiger partial charge on any atom is 0.258 e. The molecule has 1 atom stereocenters. The van der Waals surface area contributed by atoms with Crippen LogP contribution in [0.4, 0.5) is 0 Å². The van der Waals surface area contributed by atoms with E-state index in [0.717, 1.165) is 44.7 Å². The smallest absolute Gasteiger partial charge is 0.258 e. The van der Waals surface area contributed by atoms with Crippen molar-refractivity contribution >= 4 is 16.9 Å². The number of imidazole rings is 1.